The molecule has 0 saturated carbocycles. The second-order valence-corrected chi connectivity index (χ2v) is 8.58. The minimum absolute atomic E-state index is 0.0254. The van der Waals surface area contributed by atoms with Gasteiger partial charge in [0.1, 0.15) is 9.77 Å². The summed E-state index contributed by atoms with van der Waals surface area (Å²) in [5, 5.41) is 1.68. The average molecular weight is 317 g/mol. The first kappa shape index (κ1) is 15.5. The molecule has 0 aromatic carbocycles. The molecule has 2 rings (SSSR count). The first-order valence-electron chi connectivity index (χ1n) is 6.35. The highest BCUT2D eigenvalue weighted by Gasteiger charge is 2.39. The number of carbonyl (C=O) groups is 1. The molecule has 1 saturated heterocycles. The van der Waals surface area contributed by atoms with Crippen molar-refractivity contribution in [3.63, 3.8) is 0 Å². The van der Waals surface area contributed by atoms with Crippen molar-refractivity contribution in [2.24, 2.45) is 5.41 Å². The molecule has 1 aromatic rings. The van der Waals surface area contributed by atoms with Crippen molar-refractivity contribution >= 4 is 27.3 Å². The van der Waals surface area contributed by atoms with E-state index in [2.05, 4.69) is 4.74 Å². The van der Waals surface area contributed by atoms with Gasteiger partial charge in [0.25, 0.3) is 0 Å². The zero-order valence-corrected chi connectivity index (χ0v) is 13.7. The van der Waals surface area contributed by atoms with E-state index in [1.807, 2.05) is 13.8 Å². The molecule has 112 valence electrons. The lowest BCUT2D eigenvalue weighted by Crippen LogP contribution is -2.31. The van der Waals surface area contributed by atoms with E-state index in [9.17, 15) is 13.2 Å². The molecule has 1 aromatic heterocycles. The van der Waals surface area contributed by atoms with Crippen LogP contribution in [0.3, 0.4) is 0 Å². The van der Waals surface area contributed by atoms with Gasteiger partial charge in [0.2, 0.25) is 10.0 Å². The van der Waals surface area contributed by atoms with Crippen LogP contribution in [0.15, 0.2) is 10.3 Å². The number of esters is 1. The maximum absolute atomic E-state index is 12.8. The van der Waals surface area contributed by atoms with Gasteiger partial charge in [-0.1, -0.05) is 13.8 Å². The number of thiophene rings is 1. The molecule has 20 heavy (non-hydrogen) atoms. The molecule has 5 nitrogen and oxygen atoms in total. The van der Waals surface area contributed by atoms with Crippen LogP contribution in [0.25, 0.3) is 0 Å². The first-order valence-corrected chi connectivity index (χ1v) is 8.67. The first-order chi connectivity index (χ1) is 9.19. The fourth-order valence-electron chi connectivity index (χ4n) is 2.38. The van der Waals surface area contributed by atoms with Gasteiger partial charge in [0.15, 0.2) is 0 Å². The van der Waals surface area contributed by atoms with Gasteiger partial charge in [-0.3, -0.25) is 0 Å². The monoisotopic (exact) mass is 317 g/mol. The molecule has 0 aliphatic carbocycles. The Morgan fingerprint density at radius 2 is 2.10 bits per heavy atom. The van der Waals surface area contributed by atoms with Crippen LogP contribution in [0.2, 0.25) is 0 Å². The molecular weight excluding hydrogens is 298 g/mol. The number of hydrogen-bond acceptors (Lipinski definition) is 5. The van der Waals surface area contributed by atoms with E-state index in [1.165, 1.54) is 11.4 Å². The van der Waals surface area contributed by atoms with Crippen molar-refractivity contribution in [3.05, 3.63) is 15.8 Å². The smallest absolute Gasteiger partial charge is 0.349 e. The predicted octanol–water partition coefficient (Wildman–Crippen LogP) is 2.26. The summed E-state index contributed by atoms with van der Waals surface area (Å²) in [7, 11) is -2.38. The third-order valence-electron chi connectivity index (χ3n) is 3.53. The maximum Gasteiger partial charge on any atom is 0.349 e. The largest absolute Gasteiger partial charge is 0.465 e. The SMILES string of the molecule is COC(=O)c1scc(C)c1S(=O)(=O)N1CCC(C)(C)C1. The van der Waals surface area contributed by atoms with Crippen LogP contribution in [0, 0.1) is 12.3 Å². The number of hydrogen-bond donors (Lipinski definition) is 0. The second-order valence-electron chi connectivity index (χ2n) is 5.82. The van der Waals surface area contributed by atoms with E-state index < -0.39 is 16.0 Å². The molecule has 1 aliphatic rings. The molecule has 2 heterocycles. The van der Waals surface area contributed by atoms with Crippen molar-refractivity contribution < 1.29 is 17.9 Å². The Hall–Kier alpha value is -0.920. The predicted molar refractivity (Wildman–Crippen MR) is 77.6 cm³/mol. The lowest BCUT2D eigenvalue weighted by atomic mass is 9.93. The van der Waals surface area contributed by atoms with Crippen molar-refractivity contribution in [2.75, 3.05) is 20.2 Å². The van der Waals surface area contributed by atoms with Gasteiger partial charge in [-0.15, -0.1) is 11.3 Å². The Morgan fingerprint density at radius 3 is 2.60 bits per heavy atom. The van der Waals surface area contributed by atoms with Gasteiger partial charge < -0.3 is 4.74 Å². The Morgan fingerprint density at radius 1 is 1.45 bits per heavy atom. The summed E-state index contributed by atoms with van der Waals surface area (Å²) < 4.78 is 31.7. The zero-order valence-electron chi connectivity index (χ0n) is 12.1. The Balaban J connectivity index is 2.45. The van der Waals surface area contributed by atoms with E-state index in [1.54, 1.807) is 12.3 Å². The Bertz CT molecular complexity index is 631. The Kier molecular flexibility index (Phi) is 3.96. The lowest BCUT2D eigenvalue weighted by Gasteiger charge is -2.20. The molecule has 0 bridgehead atoms. The van der Waals surface area contributed by atoms with Gasteiger partial charge in [0.05, 0.1) is 7.11 Å². The summed E-state index contributed by atoms with van der Waals surface area (Å²) in [6.45, 7) is 6.77. The number of carbonyl (C=O) groups excluding carboxylic acids is 1. The lowest BCUT2D eigenvalue weighted by molar-refractivity contribution is 0.0602. The topological polar surface area (TPSA) is 63.7 Å². The molecule has 0 atom stereocenters. The van der Waals surface area contributed by atoms with Crippen LogP contribution < -0.4 is 0 Å². The summed E-state index contributed by atoms with van der Waals surface area (Å²) in [5.41, 5.74) is 0.572. The van der Waals surface area contributed by atoms with Crippen molar-refractivity contribution in [1.29, 1.82) is 0 Å². The van der Waals surface area contributed by atoms with Gasteiger partial charge in [-0.25, -0.2) is 13.2 Å². The maximum atomic E-state index is 12.8. The number of aryl methyl sites for hydroxylation is 1. The van der Waals surface area contributed by atoms with Crippen LogP contribution in [0.4, 0.5) is 0 Å². The van der Waals surface area contributed by atoms with Gasteiger partial charge in [-0.05, 0) is 29.7 Å². The van der Waals surface area contributed by atoms with Crippen LogP contribution in [0.1, 0.15) is 35.5 Å². The molecule has 1 fully saturated rings. The van der Waals surface area contributed by atoms with Gasteiger partial charge in [-0.2, -0.15) is 4.31 Å². The molecule has 0 unspecified atom stereocenters. The fraction of sp³-hybridized carbons (Fsp3) is 0.615. The summed E-state index contributed by atoms with van der Waals surface area (Å²) in [5.74, 6) is -0.597. The normalized spacial score (nSPS) is 19.2. The summed E-state index contributed by atoms with van der Waals surface area (Å²) >= 11 is 1.11. The minimum atomic E-state index is -3.64. The number of rotatable bonds is 3. The standard InChI is InChI=1S/C13H19NO4S2/c1-9-7-19-10(12(15)18-4)11(9)20(16,17)14-6-5-13(2,3)8-14/h7H,5-6,8H2,1-4H3. The number of nitrogens with zero attached hydrogens (tertiary/aromatic N) is 1. The van der Waals surface area contributed by atoms with E-state index in [0.717, 1.165) is 17.8 Å². The zero-order chi connectivity index (χ0) is 15.1. The van der Waals surface area contributed by atoms with E-state index in [0.29, 0.717) is 18.7 Å². The van der Waals surface area contributed by atoms with Crippen LogP contribution in [-0.2, 0) is 14.8 Å². The van der Waals surface area contributed by atoms with Crippen LogP contribution in [-0.4, -0.2) is 38.9 Å². The summed E-state index contributed by atoms with van der Waals surface area (Å²) in [6.07, 6.45) is 0.822. The fourth-order valence-corrected chi connectivity index (χ4v) is 5.67. The second kappa shape index (κ2) is 5.13. The highest BCUT2D eigenvalue weighted by molar-refractivity contribution is 7.89. The number of methoxy groups -OCH3 is 1. The van der Waals surface area contributed by atoms with E-state index in [4.69, 9.17) is 0 Å². The number of sulfonamides is 1. The third-order valence-corrected chi connectivity index (χ3v) is 6.77. The highest BCUT2D eigenvalue weighted by atomic mass is 32.2. The van der Waals surface area contributed by atoms with Crippen LogP contribution >= 0.6 is 11.3 Å². The molecule has 0 amide bonds. The van der Waals surface area contributed by atoms with E-state index in [-0.39, 0.29) is 15.2 Å². The molecule has 0 N–H and O–H groups in total. The quantitative estimate of drug-likeness (QED) is 0.802. The van der Waals surface area contributed by atoms with Crippen molar-refractivity contribution in [1.82, 2.24) is 4.31 Å². The van der Waals surface area contributed by atoms with Gasteiger partial charge >= 0.3 is 5.97 Å². The molecule has 0 radical (unpaired) electrons. The highest BCUT2D eigenvalue weighted by Crippen LogP contribution is 2.36. The molecule has 1 aliphatic heterocycles. The number of ether oxygens (including phenoxy) is 1. The molecule has 0 spiro atoms. The third kappa shape index (κ3) is 2.62. The molecule has 7 heteroatoms. The van der Waals surface area contributed by atoms with E-state index >= 15 is 0 Å². The average Bonchev–Trinajstić information content (AvgIpc) is 2.91. The van der Waals surface area contributed by atoms with Crippen LogP contribution in [0.5, 0.6) is 0 Å². The minimum Gasteiger partial charge on any atom is -0.465 e. The summed E-state index contributed by atoms with van der Waals surface area (Å²) in [4.78, 5) is 12.0. The van der Waals surface area contributed by atoms with Gasteiger partial charge in [0, 0.05) is 13.1 Å². The Labute approximate surface area is 123 Å². The van der Waals surface area contributed by atoms with Crippen molar-refractivity contribution in [2.45, 2.75) is 32.1 Å². The molecular formula is C13H19NO4S2. The van der Waals surface area contributed by atoms with Crippen molar-refractivity contribution in [3.8, 4) is 0 Å². The summed E-state index contributed by atoms with van der Waals surface area (Å²) in [6, 6.07) is 0.